The third kappa shape index (κ3) is 2.35. The monoisotopic (exact) mass is 257 g/mol. The Morgan fingerprint density at radius 1 is 1.16 bits per heavy atom. The Bertz CT molecular complexity index is 556. The normalized spacial score (nSPS) is 15.4. The molecule has 0 atom stereocenters. The third-order valence-electron chi connectivity index (χ3n) is 3.62. The molecule has 4 heteroatoms. The number of hydrogen-bond acceptors (Lipinski definition) is 4. The lowest BCUT2D eigenvalue weighted by molar-refractivity contribution is 0.429. The maximum Gasteiger partial charge on any atom is 0.266 e. The predicted molar refractivity (Wildman–Crippen MR) is 75.3 cm³/mol. The molecule has 0 unspecified atom stereocenters. The highest BCUT2D eigenvalue weighted by Crippen LogP contribution is 2.29. The zero-order valence-corrected chi connectivity index (χ0v) is 11.5. The molecule has 4 nitrogen and oxygen atoms in total. The largest absolute Gasteiger partial charge is 0.338 e. The second-order valence-electron chi connectivity index (χ2n) is 5.34. The Kier molecular flexibility index (Phi) is 3.23. The molecule has 0 N–H and O–H groups in total. The summed E-state index contributed by atoms with van der Waals surface area (Å²) in [5, 5.41) is 4.11. The van der Waals surface area contributed by atoms with Crippen molar-refractivity contribution in [3.63, 3.8) is 0 Å². The topological polar surface area (TPSA) is 42.2 Å². The van der Waals surface area contributed by atoms with Crippen LogP contribution in [0.3, 0.4) is 0 Å². The molecule has 3 rings (SSSR count). The average Bonchev–Trinajstić information content (AvgIpc) is 3.09. The zero-order valence-electron chi connectivity index (χ0n) is 11.5. The van der Waals surface area contributed by atoms with Crippen LogP contribution in [-0.2, 0) is 0 Å². The molecule has 0 amide bonds. The van der Waals surface area contributed by atoms with E-state index in [0.29, 0.717) is 11.8 Å². The van der Waals surface area contributed by atoms with Gasteiger partial charge in [-0.05, 0) is 35.5 Å². The van der Waals surface area contributed by atoms with Crippen molar-refractivity contribution < 1.29 is 4.52 Å². The molecule has 1 aliphatic heterocycles. The van der Waals surface area contributed by atoms with Gasteiger partial charge in [0.1, 0.15) is 0 Å². The van der Waals surface area contributed by atoms with Gasteiger partial charge in [-0.15, -0.1) is 0 Å². The number of nitrogens with zero attached hydrogens (tertiary/aromatic N) is 3. The van der Waals surface area contributed by atoms with Crippen molar-refractivity contribution in [3.8, 4) is 11.5 Å². The molecule has 1 fully saturated rings. The number of hydrogen-bond donors (Lipinski definition) is 0. The van der Waals surface area contributed by atoms with Gasteiger partial charge in [-0.25, -0.2) is 0 Å². The summed E-state index contributed by atoms with van der Waals surface area (Å²) in [4.78, 5) is 6.74. The highest BCUT2D eigenvalue weighted by atomic mass is 16.5. The Balaban J connectivity index is 1.94. The SMILES string of the molecule is CC(C)c1ccccc1-c1nc(N2CCCC2)no1. The van der Waals surface area contributed by atoms with Crippen LogP contribution in [0.1, 0.15) is 38.2 Å². The molecule has 2 heterocycles. The third-order valence-corrected chi connectivity index (χ3v) is 3.62. The van der Waals surface area contributed by atoms with Gasteiger partial charge in [-0.1, -0.05) is 32.0 Å². The van der Waals surface area contributed by atoms with E-state index in [1.54, 1.807) is 0 Å². The summed E-state index contributed by atoms with van der Waals surface area (Å²) in [6, 6.07) is 8.24. The molecule has 0 radical (unpaired) electrons. The van der Waals surface area contributed by atoms with Gasteiger partial charge in [0.2, 0.25) is 0 Å². The first kappa shape index (κ1) is 12.2. The number of benzene rings is 1. The van der Waals surface area contributed by atoms with E-state index in [0.717, 1.165) is 24.6 Å². The molecule has 2 aromatic rings. The first-order valence-corrected chi connectivity index (χ1v) is 6.93. The first-order chi connectivity index (χ1) is 9.25. The molecule has 0 aliphatic carbocycles. The fourth-order valence-electron chi connectivity index (χ4n) is 2.57. The van der Waals surface area contributed by atoms with E-state index in [4.69, 9.17) is 4.52 Å². The lowest BCUT2D eigenvalue weighted by Crippen LogP contribution is -2.18. The molecule has 19 heavy (non-hydrogen) atoms. The van der Waals surface area contributed by atoms with Crippen molar-refractivity contribution in [2.24, 2.45) is 0 Å². The summed E-state index contributed by atoms with van der Waals surface area (Å²) < 4.78 is 5.45. The minimum atomic E-state index is 0.443. The molecular formula is C15H19N3O. The van der Waals surface area contributed by atoms with E-state index in [1.807, 2.05) is 6.07 Å². The summed E-state index contributed by atoms with van der Waals surface area (Å²) in [6.07, 6.45) is 2.43. The van der Waals surface area contributed by atoms with Gasteiger partial charge in [-0.2, -0.15) is 4.98 Å². The van der Waals surface area contributed by atoms with Crippen molar-refractivity contribution in [3.05, 3.63) is 29.8 Å². The van der Waals surface area contributed by atoms with E-state index in [2.05, 4.69) is 47.1 Å². The van der Waals surface area contributed by atoms with Gasteiger partial charge in [-0.3, -0.25) is 0 Å². The Morgan fingerprint density at radius 2 is 1.89 bits per heavy atom. The van der Waals surface area contributed by atoms with E-state index in [9.17, 15) is 0 Å². The molecule has 1 aromatic heterocycles. The van der Waals surface area contributed by atoms with Gasteiger partial charge >= 0.3 is 0 Å². The van der Waals surface area contributed by atoms with Gasteiger partial charge in [0.05, 0.1) is 0 Å². The Labute approximate surface area is 113 Å². The van der Waals surface area contributed by atoms with Crippen molar-refractivity contribution in [2.75, 3.05) is 18.0 Å². The summed E-state index contributed by atoms with van der Waals surface area (Å²) in [7, 11) is 0. The zero-order chi connectivity index (χ0) is 13.2. The van der Waals surface area contributed by atoms with Gasteiger partial charge in [0.25, 0.3) is 11.8 Å². The fourth-order valence-corrected chi connectivity index (χ4v) is 2.57. The van der Waals surface area contributed by atoms with Crippen LogP contribution >= 0.6 is 0 Å². The quantitative estimate of drug-likeness (QED) is 0.844. The minimum Gasteiger partial charge on any atom is -0.338 e. The number of anilines is 1. The van der Waals surface area contributed by atoms with Crippen molar-refractivity contribution in [1.29, 1.82) is 0 Å². The molecule has 1 aliphatic rings. The van der Waals surface area contributed by atoms with Crippen LogP contribution in [0.5, 0.6) is 0 Å². The first-order valence-electron chi connectivity index (χ1n) is 6.93. The van der Waals surface area contributed by atoms with Crippen LogP contribution in [0.15, 0.2) is 28.8 Å². The van der Waals surface area contributed by atoms with Crippen molar-refractivity contribution >= 4 is 5.95 Å². The Hall–Kier alpha value is -1.84. The fraction of sp³-hybridized carbons (Fsp3) is 0.467. The molecular weight excluding hydrogens is 238 g/mol. The van der Waals surface area contributed by atoms with Gasteiger partial charge < -0.3 is 9.42 Å². The van der Waals surface area contributed by atoms with E-state index >= 15 is 0 Å². The maximum atomic E-state index is 5.45. The second kappa shape index (κ2) is 5.03. The number of aromatic nitrogens is 2. The van der Waals surface area contributed by atoms with Crippen LogP contribution in [0.2, 0.25) is 0 Å². The highest BCUT2D eigenvalue weighted by molar-refractivity contribution is 5.60. The van der Waals surface area contributed by atoms with Crippen molar-refractivity contribution in [1.82, 2.24) is 10.1 Å². The summed E-state index contributed by atoms with van der Waals surface area (Å²) >= 11 is 0. The van der Waals surface area contributed by atoms with Crippen LogP contribution < -0.4 is 4.90 Å². The molecule has 100 valence electrons. The van der Waals surface area contributed by atoms with Crippen molar-refractivity contribution in [2.45, 2.75) is 32.6 Å². The second-order valence-corrected chi connectivity index (χ2v) is 5.34. The lowest BCUT2D eigenvalue weighted by atomic mass is 9.97. The Morgan fingerprint density at radius 3 is 2.63 bits per heavy atom. The standard InChI is InChI=1S/C15H19N3O/c1-11(2)12-7-3-4-8-13(12)14-16-15(17-19-14)18-9-5-6-10-18/h3-4,7-8,11H,5-6,9-10H2,1-2H3. The summed E-state index contributed by atoms with van der Waals surface area (Å²) in [6.45, 7) is 6.42. The van der Waals surface area contributed by atoms with Crippen LogP contribution in [0, 0.1) is 0 Å². The highest BCUT2D eigenvalue weighted by Gasteiger charge is 2.20. The minimum absolute atomic E-state index is 0.443. The van der Waals surface area contributed by atoms with Crippen LogP contribution in [-0.4, -0.2) is 23.2 Å². The predicted octanol–water partition coefficient (Wildman–Crippen LogP) is 3.46. The van der Waals surface area contributed by atoms with E-state index < -0.39 is 0 Å². The summed E-state index contributed by atoms with van der Waals surface area (Å²) in [5.74, 6) is 1.80. The molecule has 0 bridgehead atoms. The van der Waals surface area contributed by atoms with Gasteiger partial charge in [0.15, 0.2) is 0 Å². The molecule has 0 saturated carbocycles. The molecule has 1 saturated heterocycles. The van der Waals surface area contributed by atoms with E-state index in [-0.39, 0.29) is 0 Å². The molecule has 1 aromatic carbocycles. The summed E-state index contributed by atoms with van der Waals surface area (Å²) in [5.41, 5.74) is 2.30. The molecule has 0 spiro atoms. The van der Waals surface area contributed by atoms with Crippen LogP contribution in [0.4, 0.5) is 5.95 Å². The maximum absolute atomic E-state index is 5.45. The lowest BCUT2D eigenvalue weighted by Gasteiger charge is -2.10. The average molecular weight is 257 g/mol. The number of rotatable bonds is 3. The van der Waals surface area contributed by atoms with Crippen LogP contribution in [0.25, 0.3) is 11.5 Å². The van der Waals surface area contributed by atoms with Gasteiger partial charge in [0, 0.05) is 18.7 Å². The van der Waals surface area contributed by atoms with E-state index in [1.165, 1.54) is 18.4 Å². The smallest absolute Gasteiger partial charge is 0.266 e.